The molecule has 9 heteroatoms. The molecular weight excluding hydrogens is 204 g/mol. The first-order chi connectivity index (χ1) is 6.66. The highest BCUT2D eigenvalue weighted by atomic mass is 16.4. The van der Waals surface area contributed by atoms with Gasteiger partial charge in [-0.3, -0.25) is 19.2 Å². The van der Waals surface area contributed by atoms with E-state index in [1.807, 2.05) is 6.79 Å². The van der Waals surface area contributed by atoms with Gasteiger partial charge in [-0.2, -0.15) is 0 Å². The van der Waals surface area contributed by atoms with Crippen molar-refractivity contribution in [3.05, 3.63) is 0 Å². The maximum absolute atomic E-state index is 8.36. The fourth-order valence-electron chi connectivity index (χ4n) is 0. The molecule has 0 aliphatic carbocycles. The highest BCUT2D eigenvalue weighted by molar-refractivity contribution is 5.33. The number of hydrogen-bond acceptors (Lipinski definition) is 5. The number of rotatable bonds is 0. The molecule has 0 heterocycles. The lowest BCUT2D eigenvalue weighted by atomic mass is 11.7. The van der Waals surface area contributed by atoms with Gasteiger partial charge in [-0.15, -0.1) is 0 Å². The van der Waals surface area contributed by atoms with Crippen molar-refractivity contribution in [1.29, 1.82) is 0 Å². The van der Waals surface area contributed by atoms with E-state index in [1.165, 1.54) is 0 Å². The number of carboxylic acid groups (broad SMARTS) is 4. The average molecular weight is 214 g/mol. The van der Waals surface area contributed by atoms with Crippen molar-refractivity contribution < 1.29 is 44.4 Å². The summed E-state index contributed by atoms with van der Waals surface area (Å²) in [5.74, 6) is 0. The van der Waals surface area contributed by atoms with E-state index >= 15 is 0 Å². The average Bonchev–Trinajstić information content (AvgIpc) is 2.12. The lowest BCUT2D eigenvalue weighted by Gasteiger charge is -1.34. The Morgan fingerprint density at radius 2 is 0.571 bits per heavy atom. The third-order valence-electron chi connectivity index (χ3n) is 0. The topological polar surface area (TPSA) is 166 Å². The molecule has 0 saturated heterocycles. The normalized spacial score (nSPS) is 3.71. The van der Waals surface area contributed by atoms with Gasteiger partial charge in [0, 0.05) is 0 Å². The second kappa shape index (κ2) is 400. The zero-order valence-electron chi connectivity index (χ0n) is 6.85. The molecule has 0 aromatic heterocycles. The van der Waals surface area contributed by atoms with E-state index in [1.54, 1.807) is 0 Å². The molecule has 0 amide bonds. The summed E-state index contributed by atoms with van der Waals surface area (Å²) in [4.78, 5) is 41.4. The minimum Gasteiger partial charge on any atom is -0.483 e. The van der Waals surface area contributed by atoms with Crippen LogP contribution in [-0.4, -0.2) is 53.1 Å². The SMILES string of the molecule is C=O.O=CO.O=CO.O=CO.O=CO. The Bertz CT molecular complexity index is 77.4. The molecule has 0 aliphatic rings. The van der Waals surface area contributed by atoms with E-state index in [9.17, 15) is 0 Å². The molecule has 0 bridgehead atoms. The van der Waals surface area contributed by atoms with Crippen LogP contribution in [0.25, 0.3) is 0 Å². The summed E-state index contributed by atoms with van der Waals surface area (Å²) in [6.45, 7) is 1.00. The summed E-state index contributed by atoms with van der Waals surface area (Å²) in [5, 5.41) is 27.6. The predicted molar refractivity (Wildman–Crippen MR) is 41.9 cm³/mol. The Morgan fingerprint density at radius 3 is 0.571 bits per heavy atom. The molecule has 0 spiro atoms. The molecule has 0 rings (SSSR count). The Hall–Kier alpha value is -2.45. The standard InChI is InChI=1S/4CH2O2.CH2O/c4*2-1-3;1-2/h4*1H,(H,2,3);1H2. The van der Waals surface area contributed by atoms with Crippen LogP contribution in [0, 0.1) is 0 Å². The molecule has 0 atom stereocenters. The van der Waals surface area contributed by atoms with E-state index in [-0.39, 0.29) is 25.9 Å². The van der Waals surface area contributed by atoms with Crippen LogP contribution in [0.3, 0.4) is 0 Å². The van der Waals surface area contributed by atoms with Crippen molar-refractivity contribution in [3.63, 3.8) is 0 Å². The Kier molecular flexibility index (Phi) is 857. The molecule has 84 valence electrons. The minimum absolute atomic E-state index is 0.250. The van der Waals surface area contributed by atoms with Gasteiger partial charge in [0.25, 0.3) is 25.9 Å². The van der Waals surface area contributed by atoms with Crippen molar-refractivity contribution in [2.45, 2.75) is 0 Å². The van der Waals surface area contributed by atoms with Gasteiger partial charge in [0.15, 0.2) is 0 Å². The molecule has 14 heavy (non-hydrogen) atoms. The first-order valence-corrected chi connectivity index (χ1v) is 2.26. The highest BCUT2D eigenvalue weighted by Crippen LogP contribution is 0.975. The number of hydrogen-bond donors (Lipinski definition) is 4. The van der Waals surface area contributed by atoms with Gasteiger partial charge in [0.05, 0.1) is 0 Å². The Labute approximate surface area is 78.2 Å². The third-order valence-corrected chi connectivity index (χ3v) is 0. The smallest absolute Gasteiger partial charge is 0.290 e. The van der Waals surface area contributed by atoms with E-state index < -0.39 is 0 Å². The second-order valence-electron chi connectivity index (χ2n) is 0.422. The first-order valence-electron chi connectivity index (χ1n) is 2.26. The predicted octanol–water partition coefficient (Wildman–Crippen LogP) is -1.38. The van der Waals surface area contributed by atoms with Gasteiger partial charge in [0.1, 0.15) is 6.79 Å². The molecule has 0 radical (unpaired) electrons. The van der Waals surface area contributed by atoms with Gasteiger partial charge < -0.3 is 25.2 Å². The third kappa shape index (κ3) is 116. The molecule has 0 aliphatic heterocycles. The molecule has 4 N–H and O–H groups in total. The van der Waals surface area contributed by atoms with Crippen molar-refractivity contribution in [2.75, 3.05) is 0 Å². The van der Waals surface area contributed by atoms with Gasteiger partial charge in [0.2, 0.25) is 0 Å². The van der Waals surface area contributed by atoms with Crippen LogP contribution in [0.15, 0.2) is 0 Å². The molecule has 0 unspecified atom stereocenters. The summed E-state index contributed by atoms with van der Waals surface area (Å²) in [7, 11) is 0. The quantitative estimate of drug-likeness (QED) is 0.355. The highest BCUT2D eigenvalue weighted by Gasteiger charge is 1.23. The van der Waals surface area contributed by atoms with E-state index in [4.69, 9.17) is 44.4 Å². The minimum atomic E-state index is -0.250. The van der Waals surface area contributed by atoms with Gasteiger partial charge >= 0.3 is 0 Å². The zero-order valence-corrected chi connectivity index (χ0v) is 6.85. The van der Waals surface area contributed by atoms with Gasteiger partial charge in [-0.1, -0.05) is 0 Å². The zero-order chi connectivity index (χ0) is 12.8. The molecule has 0 aromatic rings. The van der Waals surface area contributed by atoms with Crippen molar-refractivity contribution in [2.24, 2.45) is 0 Å². The van der Waals surface area contributed by atoms with Crippen LogP contribution < -0.4 is 0 Å². The van der Waals surface area contributed by atoms with E-state index in [0.717, 1.165) is 0 Å². The van der Waals surface area contributed by atoms with Crippen LogP contribution in [-0.2, 0) is 24.0 Å². The largest absolute Gasteiger partial charge is 0.483 e. The molecule has 0 fully saturated rings. The molecule has 0 aromatic carbocycles. The summed E-state index contributed by atoms with van der Waals surface area (Å²) in [6.07, 6.45) is 0. The van der Waals surface area contributed by atoms with E-state index in [2.05, 4.69) is 0 Å². The molecular formula is C5H10O9. The first kappa shape index (κ1) is 30.0. The van der Waals surface area contributed by atoms with Crippen LogP contribution in [0.5, 0.6) is 0 Å². The van der Waals surface area contributed by atoms with Gasteiger partial charge in [-0.05, 0) is 0 Å². The fraction of sp³-hybridized carbons (Fsp3) is 0. The van der Waals surface area contributed by atoms with Gasteiger partial charge in [-0.25, -0.2) is 0 Å². The number of carbonyl (C=O) groups is 5. The summed E-state index contributed by atoms with van der Waals surface area (Å²) in [5.41, 5.74) is 0. The monoisotopic (exact) mass is 214 g/mol. The summed E-state index contributed by atoms with van der Waals surface area (Å²) >= 11 is 0. The molecule has 9 nitrogen and oxygen atoms in total. The second-order valence-corrected chi connectivity index (χ2v) is 0.422. The maximum Gasteiger partial charge on any atom is 0.290 e. The Balaban J connectivity index is -0.0000000243. The fourth-order valence-corrected chi connectivity index (χ4v) is 0. The summed E-state index contributed by atoms with van der Waals surface area (Å²) in [6, 6.07) is 0. The van der Waals surface area contributed by atoms with E-state index in [0.29, 0.717) is 0 Å². The summed E-state index contributed by atoms with van der Waals surface area (Å²) < 4.78 is 0. The Morgan fingerprint density at radius 1 is 0.571 bits per heavy atom. The van der Waals surface area contributed by atoms with Crippen molar-refractivity contribution >= 4 is 32.7 Å². The lowest BCUT2D eigenvalue weighted by molar-refractivity contribution is -0.123. The maximum atomic E-state index is 8.36. The molecule has 0 saturated carbocycles. The van der Waals surface area contributed by atoms with Crippen LogP contribution in [0.4, 0.5) is 0 Å². The van der Waals surface area contributed by atoms with Crippen LogP contribution in [0.1, 0.15) is 0 Å². The van der Waals surface area contributed by atoms with Crippen molar-refractivity contribution in [3.8, 4) is 0 Å². The van der Waals surface area contributed by atoms with Crippen LogP contribution in [0.2, 0.25) is 0 Å². The van der Waals surface area contributed by atoms with Crippen LogP contribution >= 0.6 is 0 Å². The van der Waals surface area contributed by atoms with Crippen molar-refractivity contribution in [1.82, 2.24) is 0 Å². The lowest BCUT2D eigenvalue weighted by Crippen LogP contribution is -1.49. The number of carbonyl (C=O) groups excluding carboxylic acids is 1.